The monoisotopic (exact) mass is 287 g/mol. The average Bonchev–Trinajstić information content (AvgIpc) is 3.06. The molecule has 0 aliphatic rings. The molecule has 0 aliphatic carbocycles. The summed E-state index contributed by atoms with van der Waals surface area (Å²) in [6, 6.07) is 9.22. The van der Waals surface area contributed by atoms with Crippen molar-refractivity contribution < 1.29 is 14.3 Å². The Kier molecular flexibility index (Phi) is 2.90. The van der Waals surface area contributed by atoms with Crippen LogP contribution >= 0.6 is 0 Å². The quantitative estimate of drug-likeness (QED) is 0.541. The second kappa shape index (κ2) is 4.75. The molecule has 0 N–H and O–H groups in total. The Labute approximate surface area is 117 Å². The smallest absolute Gasteiger partial charge is 0.404 e. The summed E-state index contributed by atoms with van der Waals surface area (Å²) in [5.41, 5.74) is 0.694. The molecule has 0 bridgehead atoms. The molecule has 3 aromatic rings. The van der Waals surface area contributed by atoms with E-state index in [1.54, 1.807) is 29.0 Å². The summed E-state index contributed by atoms with van der Waals surface area (Å²) in [5.74, 6) is 0.0816. The standard InChI is InChI=1S/C13H9N3O5/c17-15(18)12-3-1-2-11-10(12)6-7-14(11)8-9-4-5-13(21-9)16(19)20/h1-7H,8H2. The fourth-order valence-electron chi connectivity index (χ4n) is 2.22. The maximum atomic E-state index is 11.0. The Balaban J connectivity index is 1.99. The van der Waals surface area contributed by atoms with E-state index in [4.69, 9.17) is 4.42 Å². The molecule has 0 saturated carbocycles. The third kappa shape index (κ3) is 2.22. The van der Waals surface area contributed by atoms with Crippen LogP contribution in [0, 0.1) is 20.2 Å². The highest BCUT2D eigenvalue weighted by atomic mass is 16.6. The van der Waals surface area contributed by atoms with E-state index in [9.17, 15) is 20.2 Å². The highest BCUT2D eigenvalue weighted by Gasteiger charge is 2.16. The Morgan fingerprint density at radius 3 is 2.52 bits per heavy atom. The van der Waals surface area contributed by atoms with Gasteiger partial charge in [0.2, 0.25) is 0 Å². The van der Waals surface area contributed by atoms with Crippen molar-refractivity contribution in [2.24, 2.45) is 0 Å². The number of benzene rings is 1. The van der Waals surface area contributed by atoms with Gasteiger partial charge in [0.1, 0.15) is 10.7 Å². The molecule has 0 radical (unpaired) electrons. The minimum Gasteiger partial charge on any atom is -0.404 e. The largest absolute Gasteiger partial charge is 0.433 e. The van der Waals surface area contributed by atoms with Crippen LogP contribution in [0.15, 0.2) is 47.0 Å². The summed E-state index contributed by atoms with van der Waals surface area (Å²) >= 11 is 0. The van der Waals surface area contributed by atoms with Gasteiger partial charge in [-0.15, -0.1) is 0 Å². The zero-order valence-electron chi connectivity index (χ0n) is 10.6. The lowest BCUT2D eigenvalue weighted by Crippen LogP contribution is -1.97. The number of non-ortho nitro benzene ring substituents is 1. The highest BCUT2D eigenvalue weighted by molar-refractivity contribution is 5.89. The second-order valence-electron chi connectivity index (χ2n) is 4.41. The van der Waals surface area contributed by atoms with Crippen molar-refractivity contribution >= 4 is 22.5 Å². The van der Waals surface area contributed by atoms with Crippen LogP contribution in [0.1, 0.15) is 5.76 Å². The Bertz CT molecular complexity index is 848. The topological polar surface area (TPSA) is 104 Å². The number of aromatic nitrogens is 1. The first kappa shape index (κ1) is 12.9. The van der Waals surface area contributed by atoms with Crippen molar-refractivity contribution in [3.63, 3.8) is 0 Å². The van der Waals surface area contributed by atoms with E-state index in [-0.39, 0.29) is 18.1 Å². The molecular weight excluding hydrogens is 278 g/mol. The third-order valence-corrected chi connectivity index (χ3v) is 3.14. The van der Waals surface area contributed by atoms with E-state index >= 15 is 0 Å². The number of nitro groups is 2. The number of nitrogens with zero attached hydrogens (tertiary/aromatic N) is 3. The van der Waals surface area contributed by atoms with Crippen LogP contribution in [0.5, 0.6) is 0 Å². The van der Waals surface area contributed by atoms with Gasteiger partial charge in [-0.05, 0) is 18.2 Å². The molecule has 1 aromatic carbocycles. The lowest BCUT2D eigenvalue weighted by Gasteiger charge is -2.02. The fraction of sp³-hybridized carbons (Fsp3) is 0.0769. The summed E-state index contributed by atoms with van der Waals surface area (Å²) in [6.45, 7) is 0.262. The molecule has 0 atom stereocenters. The molecule has 0 fully saturated rings. The Morgan fingerprint density at radius 1 is 1.05 bits per heavy atom. The van der Waals surface area contributed by atoms with Crippen LogP contribution in [-0.4, -0.2) is 14.4 Å². The van der Waals surface area contributed by atoms with Gasteiger partial charge in [0, 0.05) is 12.3 Å². The van der Waals surface area contributed by atoms with Gasteiger partial charge in [-0.3, -0.25) is 20.2 Å². The summed E-state index contributed by atoms with van der Waals surface area (Å²) < 4.78 is 6.83. The van der Waals surface area contributed by atoms with Crippen LogP contribution < -0.4 is 0 Å². The maximum Gasteiger partial charge on any atom is 0.433 e. The highest BCUT2D eigenvalue weighted by Crippen LogP contribution is 2.27. The van der Waals surface area contributed by atoms with Gasteiger partial charge in [-0.1, -0.05) is 6.07 Å². The minimum absolute atomic E-state index is 0.0247. The van der Waals surface area contributed by atoms with Crippen LogP contribution in [-0.2, 0) is 6.54 Å². The SMILES string of the molecule is O=[N+]([O-])c1ccc(Cn2ccc3c([N+](=O)[O-])cccc32)o1. The molecule has 3 rings (SSSR count). The molecule has 0 spiro atoms. The van der Waals surface area contributed by atoms with Crippen molar-refractivity contribution in [2.75, 3.05) is 0 Å². The van der Waals surface area contributed by atoms with Gasteiger partial charge >= 0.3 is 5.88 Å². The van der Waals surface area contributed by atoms with E-state index in [2.05, 4.69) is 0 Å². The molecule has 21 heavy (non-hydrogen) atoms. The van der Waals surface area contributed by atoms with Gasteiger partial charge < -0.3 is 8.98 Å². The summed E-state index contributed by atoms with van der Waals surface area (Å²) in [6.07, 6.45) is 1.69. The Hall–Kier alpha value is -3.16. The molecule has 2 heterocycles. The maximum absolute atomic E-state index is 11.0. The first-order chi connectivity index (χ1) is 10.1. The Morgan fingerprint density at radius 2 is 1.86 bits per heavy atom. The van der Waals surface area contributed by atoms with Crippen LogP contribution in [0.3, 0.4) is 0 Å². The lowest BCUT2D eigenvalue weighted by molar-refractivity contribution is -0.402. The number of rotatable bonds is 4. The molecule has 0 amide bonds. The molecular formula is C13H9N3O5. The molecule has 8 heteroatoms. The second-order valence-corrected chi connectivity index (χ2v) is 4.41. The van der Waals surface area contributed by atoms with Crippen LogP contribution in [0.2, 0.25) is 0 Å². The van der Waals surface area contributed by atoms with E-state index in [0.717, 1.165) is 0 Å². The summed E-state index contributed by atoms with van der Waals surface area (Å²) in [5, 5.41) is 22.1. The number of hydrogen-bond donors (Lipinski definition) is 0. The van der Waals surface area contributed by atoms with E-state index in [0.29, 0.717) is 16.7 Å². The van der Waals surface area contributed by atoms with Gasteiger partial charge in [0.15, 0.2) is 0 Å². The number of fused-ring (bicyclic) bond motifs is 1. The van der Waals surface area contributed by atoms with Crippen molar-refractivity contribution in [2.45, 2.75) is 6.54 Å². The molecule has 8 nitrogen and oxygen atoms in total. The van der Waals surface area contributed by atoms with Gasteiger partial charge in [0.25, 0.3) is 5.69 Å². The van der Waals surface area contributed by atoms with E-state index in [1.165, 1.54) is 18.2 Å². The van der Waals surface area contributed by atoms with Crippen molar-refractivity contribution in [1.82, 2.24) is 4.57 Å². The normalized spacial score (nSPS) is 10.9. The molecule has 2 aromatic heterocycles. The van der Waals surface area contributed by atoms with Crippen molar-refractivity contribution in [3.8, 4) is 0 Å². The number of furan rings is 1. The van der Waals surface area contributed by atoms with E-state index < -0.39 is 9.85 Å². The lowest BCUT2D eigenvalue weighted by atomic mass is 10.2. The van der Waals surface area contributed by atoms with Crippen molar-refractivity contribution in [1.29, 1.82) is 0 Å². The molecule has 0 unspecified atom stereocenters. The molecule has 106 valence electrons. The van der Waals surface area contributed by atoms with Crippen LogP contribution in [0.25, 0.3) is 10.9 Å². The third-order valence-electron chi connectivity index (χ3n) is 3.14. The summed E-state index contributed by atoms with van der Waals surface area (Å²) in [4.78, 5) is 20.5. The average molecular weight is 287 g/mol. The molecule has 0 aliphatic heterocycles. The van der Waals surface area contributed by atoms with Gasteiger partial charge in [-0.25, -0.2) is 0 Å². The van der Waals surface area contributed by atoms with Gasteiger partial charge in [0.05, 0.1) is 28.4 Å². The van der Waals surface area contributed by atoms with Crippen LogP contribution in [0.4, 0.5) is 11.6 Å². The predicted octanol–water partition coefficient (Wildman–Crippen LogP) is 3.10. The van der Waals surface area contributed by atoms with Gasteiger partial charge in [-0.2, -0.15) is 0 Å². The van der Waals surface area contributed by atoms with E-state index in [1.807, 2.05) is 0 Å². The van der Waals surface area contributed by atoms with Crippen molar-refractivity contribution in [3.05, 3.63) is 68.6 Å². The summed E-state index contributed by atoms with van der Waals surface area (Å²) in [7, 11) is 0. The number of nitro benzene ring substituents is 1. The number of hydrogen-bond acceptors (Lipinski definition) is 5. The zero-order chi connectivity index (χ0) is 15.0. The first-order valence-corrected chi connectivity index (χ1v) is 6.01. The minimum atomic E-state index is -0.609. The molecule has 0 saturated heterocycles. The predicted molar refractivity (Wildman–Crippen MR) is 73.1 cm³/mol. The fourth-order valence-corrected chi connectivity index (χ4v) is 2.22. The zero-order valence-corrected chi connectivity index (χ0v) is 10.6. The first-order valence-electron chi connectivity index (χ1n) is 6.01.